The van der Waals surface area contributed by atoms with Gasteiger partial charge in [-0.3, -0.25) is 14.8 Å². The van der Waals surface area contributed by atoms with E-state index in [1.165, 1.54) is 4.52 Å². The predicted octanol–water partition coefficient (Wildman–Crippen LogP) is 7.25. The molecule has 0 aliphatic carbocycles. The number of nitriles is 1. The van der Waals surface area contributed by atoms with Crippen molar-refractivity contribution in [3.05, 3.63) is 108 Å². The van der Waals surface area contributed by atoms with Crippen LogP contribution < -0.4 is 17.2 Å². The van der Waals surface area contributed by atoms with Gasteiger partial charge in [-0.05, 0) is 73.0 Å². The minimum atomic E-state index is -0.561. The molecule has 0 atom stereocenters. The van der Waals surface area contributed by atoms with Crippen molar-refractivity contribution in [2.24, 2.45) is 5.73 Å². The number of pyridine rings is 2. The highest BCUT2D eigenvalue weighted by Gasteiger charge is 2.28. The maximum atomic E-state index is 12.2. The van der Waals surface area contributed by atoms with Crippen molar-refractivity contribution in [3.8, 4) is 28.3 Å². The van der Waals surface area contributed by atoms with Gasteiger partial charge in [0.25, 0.3) is 5.91 Å². The van der Waals surface area contributed by atoms with E-state index in [9.17, 15) is 10.1 Å². The van der Waals surface area contributed by atoms with Crippen molar-refractivity contribution in [3.63, 3.8) is 0 Å². The molecule has 10 rings (SSSR count). The lowest BCUT2D eigenvalue weighted by Crippen LogP contribution is -2.23. The van der Waals surface area contributed by atoms with Crippen LogP contribution in [0.4, 0.5) is 11.6 Å². The summed E-state index contributed by atoms with van der Waals surface area (Å²) < 4.78 is 3.08. The standard InChI is InChI=1S/C21H20N6OS.C21H18N6S/c22-19-17(20(23)28)18(12-5-7-29-8-6-12)26-21-15(11-25-27(19)21)14-9-13-3-1-2-4-16(13)24-10-14;22-10-16-19(13-5-7-28-8-6-13)26-21-17(12-25-27(21)20(16)23)15-9-14-3-1-2-4-18(14)24-11-15/h1-4,9-12H,5-8,22H2,(H2,23,28);1-4,9,11-13H,5-8,23H2. The van der Waals surface area contributed by atoms with Crippen molar-refractivity contribution in [1.82, 2.24) is 39.2 Å². The van der Waals surface area contributed by atoms with Gasteiger partial charge < -0.3 is 17.2 Å². The van der Waals surface area contributed by atoms with Crippen LogP contribution in [0.5, 0.6) is 0 Å². The van der Waals surface area contributed by atoms with Crippen LogP contribution in [0.3, 0.4) is 0 Å². The number of benzene rings is 2. The van der Waals surface area contributed by atoms with E-state index in [2.05, 4.69) is 38.4 Å². The number of anilines is 2. The number of fused-ring (bicyclic) bond motifs is 4. The van der Waals surface area contributed by atoms with Gasteiger partial charge in [0.1, 0.15) is 28.8 Å². The van der Waals surface area contributed by atoms with E-state index in [0.717, 1.165) is 98.4 Å². The van der Waals surface area contributed by atoms with Gasteiger partial charge in [-0.15, -0.1) is 0 Å². The molecule has 13 nitrogen and oxygen atoms in total. The molecule has 0 bridgehead atoms. The van der Waals surface area contributed by atoms with Gasteiger partial charge in [0.2, 0.25) is 0 Å². The van der Waals surface area contributed by atoms with E-state index in [0.29, 0.717) is 33.9 Å². The lowest BCUT2D eigenvalue weighted by molar-refractivity contribution is 0.0998. The monoisotopic (exact) mass is 790 g/mol. The third-order valence-corrected chi connectivity index (χ3v) is 12.9. The van der Waals surface area contributed by atoms with Crippen LogP contribution in [0.15, 0.2) is 85.5 Å². The van der Waals surface area contributed by atoms with E-state index in [1.54, 1.807) is 16.9 Å². The Kier molecular flexibility index (Phi) is 9.81. The van der Waals surface area contributed by atoms with E-state index < -0.39 is 5.91 Å². The van der Waals surface area contributed by atoms with Crippen LogP contribution >= 0.6 is 23.5 Å². The molecule has 2 saturated heterocycles. The molecule has 2 fully saturated rings. The fraction of sp³-hybridized carbons (Fsp3) is 0.238. The van der Waals surface area contributed by atoms with Crippen molar-refractivity contribution < 1.29 is 4.79 Å². The third-order valence-electron chi connectivity index (χ3n) is 10.8. The van der Waals surface area contributed by atoms with Crippen molar-refractivity contribution in [2.45, 2.75) is 37.5 Å². The number of hydrogen-bond donors (Lipinski definition) is 3. The normalized spacial score (nSPS) is 15.1. The summed E-state index contributed by atoms with van der Waals surface area (Å²) in [4.78, 5) is 31.1. The first-order chi connectivity index (χ1) is 27.9. The Labute approximate surface area is 336 Å². The van der Waals surface area contributed by atoms with Crippen LogP contribution in [-0.4, -0.2) is 68.1 Å². The Morgan fingerprint density at radius 1 is 0.684 bits per heavy atom. The summed E-state index contributed by atoms with van der Waals surface area (Å²) in [5.74, 6) is 4.73. The second-order valence-electron chi connectivity index (χ2n) is 14.2. The van der Waals surface area contributed by atoms with Crippen LogP contribution in [0.2, 0.25) is 0 Å². The Bertz CT molecular complexity index is 2870. The number of thioether (sulfide) groups is 2. The number of amides is 1. The average Bonchev–Trinajstić information content (AvgIpc) is 3.89. The molecule has 2 aliphatic rings. The highest BCUT2D eigenvalue weighted by atomic mass is 32.2. The lowest BCUT2D eigenvalue weighted by atomic mass is 9.94. The number of nitrogens with zero attached hydrogens (tertiary/aromatic N) is 9. The summed E-state index contributed by atoms with van der Waals surface area (Å²) >= 11 is 3.87. The van der Waals surface area contributed by atoms with Crippen molar-refractivity contribution >= 4 is 74.2 Å². The van der Waals surface area contributed by atoms with Gasteiger partial charge in [-0.2, -0.15) is 48.0 Å². The number of nitrogens with two attached hydrogens (primary N) is 3. The zero-order valence-corrected chi connectivity index (χ0v) is 32.5. The van der Waals surface area contributed by atoms with E-state index in [-0.39, 0.29) is 17.7 Å². The van der Waals surface area contributed by atoms with Crippen LogP contribution in [0.25, 0.3) is 55.4 Å². The van der Waals surface area contributed by atoms with Gasteiger partial charge in [-0.1, -0.05) is 36.4 Å². The molecular weight excluding hydrogens is 753 g/mol. The first-order valence-electron chi connectivity index (χ1n) is 18.8. The SMILES string of the molecule is N#Cc1c(C2CCSCC2)nc2c(-c3cnc4ccccc4c3)cnn2c1N.NC(=O)c1c(C2CCSCC2)nc2c(-c3cnc4ccccc4c3)cnn2c1N. The number of para-hydroxylation sites is 2. The molecule has 0 saturated carbocycles. The van der Waals surface area contributed by atoms with E-state index >= 15 is 0 Å². The zero-order valence-electron chi connectivity index (χ0n) is 30.9. The number of carbonyl (C=O) groups is 1. The smallest absolute Gasteiger partial charge is 0.254 e. The molecule has 15 heteroatoms. The minimum Gasteiger partial charge on any atom is -0.383 e. The van der Waals surface area contributed by atoms with E-state index in [4.69, 9.17) is 27.2 Å². The summed E-state index contributed by atoms with van der Waals surface area (Å²) in [6.45, 7) is 0. The van der Waals surface area contributed by atoms with Crippen LogP contribution in [-0.2, 0) is 0 Å². The fourth-order valence-electron chi connectivity index (χ4n) is 7.81. The summed E-state index contributed by atoms with van der Waals surface area (Å²) in [6.07, 6.45) is 11.1. The summed E-state index contributed by atoms with van der Waals surface area (Å²) in [5.41, 5.74) is 27.3. The van der Waals surface area contributed by atoms with Crippen molar-refractivity contribution in [2.75, 3.05) is 34.5 Å². The molecule has 284 valence electrons. The second kappa shape index (κ2) is 15.4. The molecule has 57 heavy (non-hydrogen) atoms. The first-order valence-corrected chi connectivity index (χ1v) is 21.1. The zero-order chi connectivity index (χ0) is 39.0. The minimum absolute atomic E-state index is 0.170. The van der Waals surface area contributed by atoms with Gasteiger partial charge >= 0.3 is 0 Å². The molecule has 8 heterocycles. The Hall–Kier alpha value is -6.24. The largest absolute Gasteiger partial charge is 0.383 e. The highest BCUT2D eigenvalue weighted by molar-refractivity contribution is 7.99. The second-order valence-corrected chi connectivity index (χ2v) is 16.6. The molecule has 6 aromatic heterocycles. The maximum Gasteiger partial charge on any atom is 0.254 e. The molecule has 0 radical (unpaired) electrons. The quantitative estimate of drug-likeness (QED) is 0.158. The Morgan fingerprint density at radius 2 is 1.16 bits per heavy atom. The number of rotatable bonds is 5. The fourth-order valence-corrected chi connectivity index (χ4v) is 10.0. The summed E-state index contributed by atoms with van der Waals surface area (Å²) in [6, 6.07) is 22.4. The summed E-state index contributed by atoms with van der Waals surface area (Å²) in [7, 11) is 0. The molecule has 1 amide bonds. The number of aromatic nitrogens is 8. The van der Waals surface area contributed by atoms with Crippen molar-refractivity contribution in [1.29, 1.82) is 5.26 Å². The number of hydrogen-bond acceptors (Lipinski definition) is 12. The number of primary amides is 1. The maximum absolute atomic E-state index is 12.2. The summed E-state index contributed by atoms with van der Waals surface area (Å²) in [5, 5.41) is 20.6. The van der Waals surface area contributed by atoms with Gasteiger partial charge in [0, 0.05) is 57.3 Å². The Morgan fingerprint density at radius 3 is 1.67 bits per heavy atom. The van der Waals surface area contributed by atoms with Gasteiger partial charge in [0.15, 0.2) is 11.3 Å². The van der Waals surface area contributed by atoms with Gasteiger partial charge in [-0.25, -0.2) is 9.97 Å². The first kappa shape index (κ1) is 36.4. The molecule has 2 aromatic carbocycles. The molecular formula is C42H38N12OS2. The number of carbonyl (C=O) groups excluding carboxylic acids is 1. The molecule has 0 spiro atoms. The Balaban J connectivity index is 0.000000148. The molecule has 0 unspecified atom stereocenters. The van der Waals surface area contributed by atoms with Crippen LogP contribution in [0, 0.1) is 11.3 Å². The molecule has 8 aromatic rings. The molecule has 2 aliphatic heterocycles. The van der Waals surface area contributed by atoms with Crippen LogP contribution in [0.1, 0.15) is 64.8 Å². The predicted molar refractivity (Wildman–Crippen MR) is 228 cm³/mol. The molecule has 6 N–H and O–H groups in total. The van der Waals surface area contributed by atoms with Gasteiger partial charge in [0.05, 0.1) is 34.8 Å². The number of nitrogen functional groups attached to an aromatic ring is 2. The lowest BCUT2D eigenvalue weighted by Gasteiger charge is -2.23. The highest BCUT2D eigenvalue weighted by Crippen LogP contribution is 2.38. The topological polar surface area (TPSA) is 205 Å². The van der Waals surface area contributed by atoms with E-state index in [1.807, 2.05) is 84.4 Å². The average molecular weight is 791 g/mol. The third kappa shape index (κ3) is 6.74.